The average molecular weight is 243 g/mol. The Balaban J connectivity index is 2.92. The van der Waals surface area contributed by atoms with Crippen molar-refractivity contribution < 1.29 is 14.7 Å². The van der Waals surface area contributed by atoms with Gasteiger partial charge in [-0.05, 0) is 18.2 Å². The monoisotopic (exact) mass is 243 g/mol. The fourth-order valence-electron chi connectivity index (χ4n) is 2.10. The number of likely N-dealkylation sites (tertiary alicyclic amines) is 1. The summed E-state index contributed by atoms with van der Waals surface area (Å²) in [6.07, 6.45) is 0.658. The minimum atomic E-state index is -0.958. The van der Waals surface area contributed by atoms with Crippen LogP contribution in [0.1, 0.15) is 27.2 Å². The third-order valence-corrected chi connectivity index (χ3v) is 3.25. The molecule has 1 fully saturated rings. The van der Waals surface area contributed by atoms with Gasteiger partial charge in [-0.2, -0.15) is 0 Å². The molecular formula is C11H17NO3S. The minimum absolute atomic E-state index is 0.105. The molecule has 16 heavy (non-hydrogen) atoms. The molecule has 0 spiro atoms. The summed E-state index contributed by atoms with van der Waals surface area (Å²) in [5.41, 5.74) is 0. The van der Waals surface area contributed by atoms with Crippen LogP contribution in [0.25, 0.3) is 0 Å². The van der Waals surface area contributed by atoms with E-state index in [2.05, 4.69) is 0 Å². The van der Waals surface area contributed by atoms with Gasteiger partial charge in [-0.3, -0.25) is 4.79 Å². The zero-order valence-corrected chi connectivity index (χ0v) is 10.6. The Bertz CT molecular complexity index is 327. The van der Waals surface area contributed by atoms with E-state index in [1.54, 1.807) is 20.8 Å². The van der Waals surface area contributed by atoms with Gasteiger partial charge >= 0.3 is 5.97 Å². The van der Waals surface area contributed by atoms with E-state index in [4.69, 9.17) is 12.2 Å². The van der Waals surface area contributed by atoms with Crippen molar-refractivity contribution in [3.05, 3.63) is 0 Å². The molecular weight excluding hydrogens is 226 g/mol. The van der Waals surface area contributed by atoms with Crippen molar-refractivity contribution in [3.63, 3.8) is 0 Å². The van der Waals surface area contributed by atoms with Crippen molar-refractivity contribution in [2.24, 2.45) is 11.8 Å². The molecule has 1 unspecified atom stereocenters. The lowest BCUT2D eigenvalue weighted by molar-refractivity contribution is -0.150. The van der Waals surface area contributed by atoms with E-state index in [0.29, 0.717) is 17.8 Å². The Hall–Kier alpha value is -0.970. The van der Waals surface area contributed by atoms with Crippen molar-refractivity contribution in [2.45, 2.75) is 33.2 Å². The van der Waals surface area contributed by atoms with Crippen LogP contribution >= 0.6 is 12.2 Å². The summed E-state index contributed by atoms with van der Waals surface area (Å²) in [6, 6.07) is -0.771. The summed E-state index contributed by atoms with van der Waals surface area (Å²) in [5, 5.41) is 9.18. The van der Waals surface area contributed by atoms with E-state index in [1.807, 2.05) is 0 Å². The van der Waals surface area contributed by atoms with Gasteiger partial charge in [-0.25, -0.2) is 4.79 Å². The van der Waals surface area contributed by atoms with Crippen LogP contribution < -0.4 is 0 Å². The van der Waals surface area contributed by atoms with Gasteiger partial charge in [0.1, 0.15) is 6.04 Å². The second kappa shape index (κ2) is 4.91. The molecule has 90 valence electrons. The number of aliphatic carboxylic acids is 1. The smallest absolute Gasteiger partial charge is 0.327 e. The quantitative estimate of drug-likeness (QED) is 0.760. The summed E-state index contributed by atoms with van der Waals surface area (Å²) < 4.78 is 0. The van der Waals surface area contributed by atoms with Crippen LogP contribution in [0.15, 0.2) is 0 Å². The van der Waals surface area contributed by atoms with Gasteiger partial charge in [0.25, 0.3) is 0 Å². The lowest BCUT2D eigenvalue weighted by Crippen LogP contribution is -2.46. The Labute approximate surface area is 101 Å². The van der Waals surface area contributed by atoms with Gasteiger partial charge in [-0.1, -0.05) is 26.1 Å². The number of amides is 1. The second-order valence-electron chi connectivity index (χ2n) is 4.48. The molecule has 0 aromatic rings. The van der Waals surface area contributed by atoms with Crippen LogP contribution in [-0.2, 0) is 9.59 Å². The number of hydrogen-bond donors (Lipinski definition) is 1. The predicted octanol–water partition coefficient (Wildman–Crippen LogP) is 1.33. The number of carbonyl (C=O) groups is 2. The molecule has 1 rings (SSSR count). The van der Waals surface area contributed by atoms with E-state index < -0.39 is 12.0 Å². The highest BCUT2D eigenvalue weighted by atomic mass is 32.1. The molecule has 1 aliphatic heterocycles. The van der Waals surface area contributed by atoms with E-state index in [9.17, 15) is 14.7 Å². The molecule has 1 N–H and O–H groups in total. The molecule has 4 nitrogen and oxygen atoms in total. The average Bonchev–Trinajstić information content (AvgIpc) is 2.60. The Morgan fingerprint density at radius 1 is 1.44 bits per heavy atom. The van der Waals surface area contributed by atoms with Crippen molar-refractivity contribution in [3.8, 4) is 0 Å². The van der Waals surface area contributed by atoms with Gasteiger partial charge in [0, 0.05) is 18.4 Å². The zero-order chi connectivity index (χ0) is 12.5. The molecule has 0 aliphatic carbocycles. The molecule has 0 aromatic carbocycles. The summed E-state index contributed by atoms with van der Waals surface area (Å²) in [7, 11) is 0. The molecule has 1 heterocycles. The minimum Gasteiger partial charge on any atom is -0.480 e. The Morgan fingerprint density at radius 2 is 2.00 bits per heavy atom. The first kappa shape index (κ1) is 13.1. The Morgan fingerprint density at radius 3 is 2.38 bits per heavy atom. The maximum atomic E-state index is 11.8. The molecule has 2 atom stereocenters. The molecule has 1 saturated heterocycles. The van der Waals surface area contributed by atoms with Gasteiger partial charge in [-0.15, -0.1) is 0 Å². The van der Waals surface area contributed by atoms with Gasteiger partial charge < -0.3 is 10.0 Å². The number of carbonyl (C=O) groups excluding carboxylic acids is 1. The van der Waals surface area contributed by atoms with E-state index in [1.165, 1.54) is 4.90 Å². The lowest BCUT2D eigenvalue weighted by Gasteiger charge is -2.25. The van der Waals surface area contributed by atoms with Gasteiger partial charge in [0.15, 0.2) is 0 Å². The molecule has 1 aliphatic rings. The Kier molecular flexibility index (Phi) is 4.02. The van der Waals surface area contributed by atoms with Gasteiger partial charge in [0.2, 0.25) is 5.91 Å². The van der Waals surface area contributed by atoms with Crippen molar-refractivity contribution in [1.82, 2.24) is 4.90 Å². The maximum Gasteiger partial charge on any atom is 0.327 e. The highest BCUT2D eigenvalue weighted by Crippen LogP contribution is 2.27. The van der Waals surface area contributed by atoms with E-state index >= 15 is 0 Å². The van der Waals surface area contributed by atoms with Crippen molar-refractivity contribution in [2.75, 3.05) is 6.54 Å². The zero-order valence-electron chi connectivity index (χ0n) is 9.77. The summed E-state index contributed by atoms with van der Waals surface area (Å²) in [4.78, 5) is 25.2. The first-order valence-corrected chi connectivity index (χ1v) is 5.80. The van der Waals surface area contributed by atoms with Crippen molar-refractivity contribution in [1.29, 1.82) is 0 Å². The van der Waals surface area contributed by atoms with E-state index in [-0.39, 0.29) is 17.7 Å². The predicted molar refractivity (Wildman–Crippen MR) is 64.4 cm³/mol. The third kappa shape index (κ3) is 2.40. The number of nitrogens with zero attached hydrogens (tertiary/aromatic N) is 1. The molecule has 0 radical (unpaired) electrons. The highest BCUT2D eigenvalue weighted by Gasteiger charge is 2.43. The van der Waals surface area contributed by atoms with Crippen molar-refractivity contribution >= 4 is 29.0 Å². The van der Waals surface area contributed by atoms with Crippen LogP contribution in [0, 0.1) is 11.8 Å². The van der Waals surface area contributed by atoms with Gasteiger partial charge in [0.05, 0.1) is 0 Å². The van der Waals surface area contributed by atoms with Crippen LogP contribution in [0.4, 0.5) is 0 Å². The molecule has 0 saturated carbocycles. The molecule has 1 amide bonds. The fourth-order valence-corrected chi connectivity index (χ4v) is 2.35. The second-order valence-corrected chi connectivity index (χ2v) is 5.12. The van der Waals surface area contributed by atoms with Crippen LogP contribution in [0.5, 0.6) is 0 Å². The number of thiocarbonyl (C=S) groups is 1. The summed E-state index contributed by atoms with van der Waals surface area (Å²) in [6.45, 7) is 5.80. The number of rotatable bonds is 3. The first-order valence-electron chi connectivity index (χ1n) is 5.40. The van der Waals surface area contributed by atoms with E-state index in [0.717, 1.165) is 0 Å². The largest absolute Gasteiger partial charge is 0.480 e. The molecule has 0 bridgehead atoms. The number of hydrogen-bond acceptors (Lipinski definition) is 3. The number of carboxylic acids is 1. The number of carboxylic acid groups (broad SMARTS) is 1. The SMILES string of the molecule is CC(=S)C1CCN(C(=O)C(C)C)[C@@H]1C(=O)O. The topological polar surface area (TPSA) is 57.6 Å². The molecule has 0 aromatic heterocycles. The standard InChI is InChI=1S/C11H17NO3S/c1-6(2)10(13)12-5-4-8(7(3)16)9(12)11(14)15/h6,8-9H,4-5H2,1-3H3,(H,14,15)/t8?,9-/m0/s1. The van der Waals surface area contributed by atoms with Crippen LogP contribution in [0.3, 0.4) is 0 Å². The lowest BCUT2D eigenvalue weighted by atomic mass is 9.97. The van der Waals surface area contributed by atoms with Crippen LogP contribution in [-0.4, -0.2) is 39.3 Å². The highest BCUT2D eigenvalue weighted by molar-refractivity contribution is 7.80. The van der Waals surface area contributed by atoms with Crippen LogP contribution in [0.2, 0.25) is 0 Å². The molecule has 5 heteroatoms. The third-order valence-electron chi connectivity index (χ3n) is 2.95. The summed E-state index contributed by atoms with van der Waals surface area (Å²) in [5.74, 6) is -1.42. The summed E-state index contributed by atoms with van der Waals surface area (Å²) >= 11 is 5.06. The maximum absolute atomic E-state index is 11.8. The fraction of sp³-hybridized carbons (Fsp3) is 0.727. The normalized spacial score (nSPS) is 24.9. The first-order chi connectivity index (χ1) is 7.36.